The summed E-state index contributed by atoms with van der Waals surface area (Å²) in [7, 11) is 0. The molecule has 7 nitrogen and oxygen atoms in total. The van der Waals surface area contributed by atoms with Crippen LogP contribution in [0.15, 0.2) is 29.4 Å². The molecule has 1 heterocycles. The second kappa shape index (κ2) is 7.24. The second-order valence-corrected chi connectivity index (χ2v) is 6.86. The highest BCUT2D eigenvalue weighted by atomic mass is 32.2. The molecule has 0 aliphatic heterocycles. The molecule has 120 valence electrons. The average molecular weight is 330 g/mol. The molecule has 0 saturated heterocycles. The lowest BCUT2D eigenvalue weighted by molar-refractivity contribution is -0.113. The van der Waals surface area contributed by atoms with E-state index in [1.807, 2.05) is 32.9 Å². The maximum atomic E-state index is 12.0. The van der Waals surface area contributed by atoms with Crippen molar-refractivity contribution in [3.05, 3.63) is 29.8 Å². The molecule has 1 amide bonds. The molecule has 1 aromatic heterocycles. The summed E-state index contributed by atoms with van der Waals surface area (Å²) in [5.74, 6) is 0.0858. The van der Waals surface area contributed by atoms with Gasteiger partial charge in [0.15, 0.2) is 0 Å². The number of aromatic nitrogens is 4. The van der Waals surface area contributed by atoms with Gasteiger partial charge in [0.2, 0.25) is 11.1 Å². The van der Waals surface area contributed by atoms with E-state index < -0.39 is 0 Å². The summed E-state index contributed by atoms with van der Waals surface area (Å²) < 4.78 is 1.70. The van der Waals surface area contributed by atoms with Crippen LogP contribution >= 0.6 is 11.8 Å². The molecule has 0 spiro atoms. The third-order valence-corrected chi connectivity index (χ3v) is 3.85. The zero-order valence-corrected chi connectivity index (χ0v) is 14.1. The minimum Gasteiger partial charge on any atom is -0.325 e. The Kier molecular flexibility index (Phi) is 5.34. The molecule has 2 aromatic rings. The van der Waals surface area contributed by atoms with Crippen LogP contribution in [-0.2, 0) is 16.8 Å². The van der Waals surface area contributed by atoms with Gasteiger partial charge >= 0.3 is 0 Å². The lowest BCUT2D eigenvalue weighted by Gasteiger charge is -2.19. The summed E-state index contributed by atoms with van der Waals surface area (Å²) in [5, 5.41) is 23.6. The van der Waals surface area contributed by atoms with Gasteiger partial charge in [0.25, 0.3) is 0 Å². The van der Waals surface area contributed by atoms with E-state index in [0.717, 1.165) is 5.56 Å². The fourth-order valence-corrected chi connectivity index (χ4v) is 2.67. The summed E-state index contributed by atoms with van der Waals surface area (Å²) in [6.07, 6.45) is 0.361. The Bertz CT molecular complexity index is 711. The van der Waals surface area contributed by atoms with Gasteiger partial charge in [-0.25, -0.2) is 4.68 Å². The lowest BCUT2D eigenvalue weighted by atomic mass is 10.1. The van der Waals surface area contributed by atoms with Crippen molar-refractivity contribution in [2.75, 3.05) is 11.1 Å². The predicted molar refractivity (Wildman–Crippen MR) is 87.9 cm³/mol. The Balaban J connectivity index is 1.91. The largest absolute Gasteiger partial charge is 0.325 e. The number of benzene rings is 1. The number of amides is 1. The molecular weight excluding hydrogens is 312 g/mol. The standard InChI is InChI=1S/C15H18N6OS/c1-15(2,3)21-14(18-19-20-21)23-10-13(22)17-12-6-4-11(5-7-12)8-9-16/h4-7H,8,10H2,1-3H3,(H,17,22). The van der Waals surface area contributed by atoms with E-state index in [0.29, 0.717) is 17.3 Å². The van der Waals surface area contributed by atoms with E-state index >= 15 is 0 Å². The van der Waals surface area contributed by atoms with Crippen LogP contribution in [0, 0.1) is 11.3 Å². The number of tetrazole rings is 1. The van der Waals surface area contributed by atoms with Crippen LogP contribution < -0.4 is 5.32 Å². The number of nitrogens with zero attached hydrogens (tertiary/aromatic N) is 5. The fourth-order valence-electron chi connectivity index (χ4n) is 1.81. The van der Waals surface area contributed by atoms with Crippen LogP contribution in [0.2, 0.25) is 0 Å². The van der Waals surface area contributed by atoms with E-state index in [1.54, 1.807) is 16.8 Å². The van der Waals surface area contributed by atoms with Gasteiger partial charge in [-0.2, -0.15) is 5.26 Å². The Labute approximate surface area is 139 Å². The van der Waals surface area contributed by atoms with Crippen molar-refractivity contribution in [3.63, 3.8) is 0 Å². The van der Waals surface area contributed by atoms with E-state index in [2.05, 4.69) is 26.9 Å². The van der Waals surface area contributed by atoms with Gasteiger partial charge in [-0.1, -0.05) is 23.9 Å². The monoisotopic (exact) mass is 330 g/mol. The Hall–Kier alpha value is -2.40. The molecule has 1 N–H and O–H groups in total. The van der Waals surface area contributed by atoms with Gasteiger partial charge < -0.3 is 5.32 Å². The molecule has 0 aliphatic rings. The third kappa shape index (κ3) is 4.79. The molecule has 0 atom stereocenters. The van der Waals surface area contributed by atoms with Crippen molar-refractivity contribution in [2.24, 2.45) is 0 Å². The van der Waals surface area contributed by atoms with Crippen molar-refractivity contribution in [2.45, 2.75) is 37.9 Å². The van der Waals surface area contributed by atoms with Crippen molar-refractivity contribution in [1.29, 1.82) is 5.26 Å². The summed E-state index contributed by atoms with van der Waals surface area (Å²) in [5.41, 5.74) is 1.38. The summed E-state index contributed by atoms with van der Waals surface area (Å²) >= 11 is 1.29. The van der Waals surface area contributed by atoms with Crippen molar-refractivity contribution in [3.8, 4) is 6.07 Å². The minimum absolute atomic E-state index is 0.133. The van der Waals surface area contributed by atoms with Crippen LogP contribution in [0.3, 0.4) is 0 Å². The SMILES string of the molecule is CC(C)(C)n1nnnc1SCC(=O)Nc1ccc(CC#N)cc1. The molecular formula is C15H18N6OS. The van der Waals surface area contributed by atoms with Gasteiger partial charge in [-0.3, -0.25) is 4.79 Å². The summed E-state index contributed by atoms with van der Waals surface area (Å²) in [6.45, 7) is 5.99. The molecule has 0 fully saturated rings. The highest BCUT2D eigenvalue weighted by Crippen LogP contribution is 2.21. The van der Waals surface area contributed by atoms with Crippen molar-refractivity contribution < 1.29 is 4.79 Å². The third-order valence-electron chi connectivity index (χ3n) is 2.93. The molecule has 0 aliphatic carbocycles. The van der Waals surface area contributed by atoms with Crippen LogP contribution in [0.5, 0.6) is 0 Å². The number of rotatable bonds is 5. The predicted octanol–water partition coefficient (Wildman–Crippen LogP) is 2.22. The molecule has 0 bridgehead atoms. The molecule has 0 radical (unpaired) electrons. The lowest BCUT2D eigenvalue weighted by Crippen LogP contribution is -2.24. The van der Waals surface area contributed by atoms with Crippen LogP contribution in [0.1, 0.15) is 26.3 Å². The Morgan fingerprint density at radius 3 is 2.65 bits per heavy atom. The van der Waals surface area contributed by atoms with E-state index in [1.165, 1.54) is 11.8 Å². The first kappa shape index (κ1) is 17.0. The summed E-state index contributed by atoms with van der Waals surface area (Å²) in [4.78, 5) is 12.0. The summed E-state index contributed by atoms with van der Waals surface area (Å²) in [6, 6.07) is 9.31. The zero-order chi connectivity index (χ0) is 16.9. The molecule has 2 rings (SSSR count). The maximum absolute atomic E-state index is 12.0. The number of thioether (sulfide) groups is 1. The maximum Gasteiger partial charge on any atom is 0.234 e. The Morgan fingerprint density at radius 2 is 2.04 bits per heavy atom. The highest BCUT2D eigenvalue weighted by Gasteiger charge is 2.20. The van der Waals surface area contributed by atoms with Gasteiger partial charge in [0.05, 0.1) is 23.8 Å². The number of nitrogens with one attached hydrogen (secondary N) is 1. The van der Waals surface area contributed by atoms with Gasteiger partial charge in [0, 0.05) is 5.69 Å². The van der Waals surface area contributed by atoms with Crippen LogP contribution in [-0.4, -0.2) is 31.9 Å². The normalized spacial score (nSPS) is 11.0. The second-order valence-electron chi connectivity index (χ2n) is 5.91. The van der Waals surface area contributed by atoms with E-state index in [-0.39, 0.29) is 17.2 Å². The van der Waals surface area contributed by atoms with Crippen LogP contribution in [0.25, 0.3) is 0 Å². The first-order chi connectivity index (χ1) is 10.9. The zero-order valence-electron chi connectivity index (χ0n) is 13.3. The fraction of sp³-hybridized carbons (Fsp3) is 0.400. The molecule has 8 heteroatoms. The van der Waals surface area contributed by atoms with E-state index in [4.69, 9.17) is 5.26 Å². The first-order valence-electron chi connectivity index (χ1n) is 7.07. The molecule has 1 aromatic carbocycles. The van der Waals surface area contributed by atoms with Gasteiger partial charge in [-0.05, 0) is 48.9 Å². The van der Waals surface area contributed by atoms with Crippen LogP contribution in [0.4, 0.5) is 5.69 Å². The number of hydrogen-bond donors (Lipinski definition) is 1. The smallest absolute Gasteiger partial charge is 0.234 e. The topological polar surface area (TPSA) is 96.5 Å². The van der Waals surface area contributed by atoms with Gasteiger partial charge in [0.1, 0.15) is 0 Å². The number of hydrogen-bond acceptors (Lipinski definition) is 6. The van der Waals surface area contributed by atoms with Gasteiger partial charge in [-0.15, -0.1) is 5.10 Å². The quantitative estimate of drug-likeness (QED) is 0.844. The number of carbonyl (C=O) groups excluding carboxylic acids is 1. The number of anilines is 1. The van der Waals surface area contributed by atoms with Crippen molar-refractivity contribution >= 4 is 23.4 Å². The highest BCUT2D eigenvalue weighted by molar-refractivity contribution is 7.99. The molecule has 0 unspecified atom stereocenters. The molecule has 0 saturated carbocycles. The number of nitriles is 1. The number of carbonyl (C=O) groups is 1. The average Bonchev–Trinajstić information content (AvgIpc) is 2.96. The molecule has 23 heavy (non-hydrogen) atoms. The Morgan fingerprint density at radius 1 is 1.35 bits per heavy atom. The van der Waals surface area contributed by atoms with Crippen molar-refractivity contribution in [1.82, 2.24) is 20.2 Å². The van der Waals surface area contributed by atoms with E-state index in [9.17, 15) is 4.79 Å². The minimum atomic E-state index is -0.237. The first-order valence-corrected chi connectivity index (χ1v) is 8.06.